The summed E-state index contributed by atoms with van der Waals surface area (Å²) >= 11 is 6.05. The maximum absolute atomic E-state index is 12.2. The summed E-state index contributed by atoms with van der Waals surface area (Å²) in [5.74, 6) is 0.624. The average Bonchev–Trinajstić information content (AvgIpc) is 2.38. The van der Waals surface area contributed by atoms with Crippen LogP contribution in [0.4, 0.5) is 0 Å². The number of hydrogen-bond acceptors (Lipinski definition) is 3. The van der Waals surface area contributed by atoms with Crippen molar-refractivity contribution in [2.24, 2.45) is 0 Å². The van der Waals surface area contributed by atoms with Gasteiger partial charge in [0.25, 0.3) is 5.91 Å². The minimum Gasteiger partial charge on any atom is -0.496 e. The van der Waals surface area contributed by atoms with Crippen LogP contribution in [-0.4, -0.2) is 50.6 Å². The van der Waals surface area contributed by atoms with Gasteiger partial charge >= 0.3 is 0 Å². The summed E-state index contributed by atoms with van der Waals surface area (Å²) in [6, 6.07) is 5.40. The van der Waals surface area contributed by atoms with E-state index in [1.165, 1.54) is 0 Å². The molecule has 0 radical (unpaired) electrons. The Morgan fingerprint density at radius 1 is 1.42 bits per heavy atom. The molecule has 0 saturated carbocycles. The van der Waals surface area contributed by atoms with Gasteiger partial charge in [-0.25, -0.2) is 0 Å². The fraction of sp³-hybridized carbons (Fsp3) is 0.500. The summed E-state index contributed by atoms with van der Waals surface area (Å²) < 4.78 is 10.2. The number of aryl methyl sites for hydroxylation is 1. The number of hydrogen-bond donors (Lipinski definition) is 0. The number of benzene rings is 1. The van der Waals surface area contributed by atoms with Gasteiger partial charge in [0.1, 0.15) is 5.75 Å². The highest BCUT2D eigenvalue weighted by Gasteiger charge is 2.16. The van der Waals surface area contributed by atoms with E-state index in [9.17, 15) is 4.79 Å². The SMILES string of the molecule is COCC(Cl)CN(C)C(=O)c1ccc(C)c(OC)c1. The summed E-state index contributed by atoms with van der Waals surface area (Å²) in [6.07, 6.45) is 0. The molecule has 0 bridgehead atoms. The van der Waals surface area contributed by atoms with E-state index in [2.05, 4.69) is 0 Å². The summed E-state index contributed by atoms with van der Waals surface area (Å²) in [4.78, 5) is 13.8. The monoisotopic (exact) mass is 285 g/mol. The Labute approximate surface area is 119 Å². The Hall–Kier alpha value is -1.26. The van der Waals surface area contributed by atoms with Gasteiger partial charge in [-0.3, -0.25) is 4.79 Å². The lowest BCUT2D eigenvalue weighted by Crippen LogP contribution is -2.33. The molecule has 0 spiro atoms. The molecule has 1 rings (SSSR count). The van der Waals surface area contributed by atoms with Crippen molar-refractivity contribution in [3.05, 3.63) is 29.3 Å². The van der Waals surface area contributed by atoms with Crippen LogP contribution in [0.5, 0.6) is 5.75 Å². The molecule has 5 heteroatoms. The van der Waals surface area contributed by atoms with Crippen molar-refractivity contribution in [3.8, 4) is 5.75 Å². The van der Waals surface area contributed by atoms with Crippen LogP contribution in [0.3, 0.4) is 0 Å². The Morgan fingerprint density at radius 2 is 2.11 bits per heavy atom. The lowest BCUT2D eigenvalue weighted by molar-refractivity contribution is 0.0781. The highest BCUT2D eigenvalue weighted by atomic mass is 35.5. The zero-order valence-electron chi connectivity index (χ0n) is 11.8. The minimum atomic E-state index is -0.216. The molecule has 0 aliphatic heterocycles. The highest BCUT2D eigenvalue weighted by molar-refractivity contribution is 6.21. The summed E-state index contributed by atoms with van der Waals surface area (Å²) in [5.41, 5.74) is 1.59. The molecular weight excluding hydrogens is 266 g/mol. The van der Waals surface area contributed by atoms with E-state index in [0.717, 1.165) is 5.56 Å². The van der Waals surface area contributed by atoms with E-state index in [4.69, 9.17) is 21.1 Å². The van der Waals surface area contributed by atoms with Crippen molar-refractivity contribution < 1.29 is 14.3 Å². The second-order valence-electron chi connectivity index (χ2n) is 4.42. The molecule has 1 atom stereocenters. The number of carbonyl (C=O) groups excluding carboxylic acids is 1. The Bertz CT molecular complexity index is 437. The maximum Gasteiger partial charge on any atom is 0.253 e. The van der Waals surface area contributed by atoms with Crippen LogP contribution in [0.15, 0.2) is 18.2 Å². The second kappa shape index (κ2) is 7.36. The van der Waals surface area contributed by atoms with Crippen LogP contribution < -0.4 is 4.74 Å². The van der Waals surface area contributed by atoms with Crippen LogP contribution in [0.1, 0.15) is 15.9 Å². The van der Waals surface area contributed by atoms with Crippen molar-refractivity contribution in [3.63, 3.8) is 0 Å². The van der Waals surface area contributed by atoms with Gasteiger partial charge in [0.2, 0.25) is 0 Å². The summed E-state index contributed by atoms with van der Waals surface area (Å²) in [6.45, 7) is 2.78. The number of halogens is 1. The van der Waals surface area contributed by atoms with Gasteiger partial charge in [-0.05, 0) is 24.6 Å². The van der Waals surface area contributed by atoms with E-state index < -0.39 is 0 Å². The number of carbonyl (C=O) groups is 1. The van der Waals surface area contributed by atoms with Gasteiger partial charge < -0.3 is 14.4 Å². The first kappa shape index (κ1) is 15.8. The van der Waals surface area contributed by atoms with Crippen LogP contribution in [0.2, 0.25) is 0 Å². The third kappa shape index (κ3) is 4.40. The topological polar surface area (TPSA) is 38.8 Å². The number of nitrogens with zero attached hydrogens (tertiary/aromatic N) is 1. The van der Waals surface area contributed by atoms with Crippen LogP contribution >= 0.6 is 11.6 Å². The van der Waals surface area contributed by atoms with Gasteiger partial charge in [-0.15, -0.1) is 11.6 Å². The molecular formula is C14H20ClNO3. The average molecular weight is 286 g/mol. The van der Waals surface area contributed by atoms with E-state index in [1.807, 2.05) is 13.0 Å². The van der Waals surface area contributed by atoms with Gasteiger partial charge in [0.15, 0.2) is 0 Å². The Balaban J connectivity index is 2.76. The number of amides is 1. The van der Waals surface area contributed by atoms with Gasteiger partial charge in [-0.1, -0.05) is 6.07 Å². The predicted octanol–water partition coefficient (Wildman–Crippen LogP) is 2.33. The summed E-state index contributed by atoms with van der Waals surface area (Å²) in [5, 5.41) is -0.216. The molecule has 4 nitrogen and oxygen atoms in total. The standard InChI is InChI=1S/C14H20ClNO3/c1-10-5-6-11(7-13(10)19-4)14(17)16(2)8-12(15)9-18-3/h5-7,12H,8-9H2,1-4H3. The molecule has 0 aliphatic carbocycles. The minimum absolute atomic E-state index is 0.0833. The molecule has 0 fully saturated rings. The fourth-order valence-electron chi connectivity index (χ4n) is 1.79. The van der Waals surface area contributed by atoms with Gasteiger partial charge in [0, 0.05) is 26.3 Å². The third-order valence-electron chi connectivity index (χ3n) is 2.82. The van der Waals surface area contributed by atoms with Crippen molar-refractivity contribution in [2.45, 2.75) is 12.3 Å². The molecule has 106 valence electrons. The first-order valence-electron chi connectivity index (χ1n) is 6.02. The largest absolute Gasteiger partial charge is 0.496 e. The molecule has 0 heterocycles. The van der Waals surface area contributed by atoms with Crippen LogP contribution in [-0.2, 0) is 4.74 Å². The smallest absolute Gasteiger partial charge is 0.253 e. The third-order valence-corrected chi connectivity index (χ3v) is 3.09. The van der Waals surface area contributed by atoms with E-state index >= 15 is 0 Å². The zero-order valence-corrected chi connectivity index (χ0v) is 12.5. The lowest BCUT2D eigenvalue weighted by atomic mass is 10.1. The quantitative estimate of drug-likeness (QED) is 0.753. The van der Waals surface area contributed by atoms with Crippen molar-refractivity contribution in [1.82, 2.24) is 4.90 Å². The maximum atomic E-state index is 12.2. The first-order chi connectivity index (χ1) is 8.99. The fourth-order valence-corrected chi connectivity index (χ4v) is 2.12. The second-order valence-corrected chi connectivity index (χ2v) is 5.04. The Morgan fingerprint density at radius 3 is 2.68 bits per heavy atom. The number of methoxy groups -OCH3 is 2. The van der Waals surface area contributed by atoms with Crippen LogP contribution in [0.25, 0.3) is 0 Å². The molecule has 0 N–H and O–H groups in total. The lowest BCUT2D eigenvalue weighted by Gasteiger charge is -2.20. The van der Waals surface area contributed by atoms with Gasteiger partial charge in [-0.2, -0.15) is 0 Å². The predicted molar refractivity (Wildman–Crippen MR) is 76.2 cm³/mol. The number of alkyl halides is 1. The molecule has 0 saturated heterocycles. The van der Waals surface area contributed by atoms with E-state index in [-0.39, 0.29) is 11.3 Å². The molecule has 19 heavy (non-hydrogen) atoms. The summed E-state index contributed by atoms with van der Waals surface area (Å²) in [7, 11) is 4.90. The normalized spacial score (nSPS) is 12.1. The first-order valence-corrected chi connectivity index (χ1v) is 6.46. The molecule has 1 amide bonds. The Kier molecular flexibility index (Phi) is 6.12. The van der Waals surface area contributed by atoms with E-state index in [0.29, 0.717) is 24.5 Å². The molecule has 0 aliphatic rings. The molecule has 1 unspecified atom stereocenters. The van der Waals surface area contributed by atoms with E-state index in [1.54, 1.807) is 38.3 Å². The molecule has 1 aromatic carbocycles. The van der Waals surface area contributed by atoms with Crippen molar-refractivity contribution in [2.75, 3.05) is 34.4 Å². The highest BCUT2D eigenvalue weighted by Crippen LogP contribution is 2.20. The number of rotatable bonds is 6. The number of ether oxygens (including phenoxy) is 2. The van der Waals surface area contributed by atoms with Crippen molar-refractivity contribution in [1.29, 1.82) is 0 Å². The van der Waals surface area contributed by atoms with Crippen LogP contribution in [0, 0.1) is 6.92 Å². The zero-order chi connectivity index (χ0) is 14.4. The van der Waals surface area contributed by atoms with Gasteiger partial charge in [0.05, 0.1) is 19.1 Å². The molecule has 0 aromatic heterocycles. The molecule has 1 aromatic rings. The van der Waals surface area contributed by atoms with Crippen molar-refractivity contribution >= 4 is 17.5 Å².